The Morgan fingerprint density at radius 1 is 1.42 bits per heavy atom. The molecule has 0 spiro atoms. The normalized spacial score (nSPS) is 21.5. The summed E-state index contributed by atoms with van der Waals surface area (Å²) >= 11 is 1.95. The molecule has 0 aromatic carbocycles. The van der Waals surface area contributed by atoms with Gasteiger partial charge in [-0.15, -0.1) is 11.3 Å². The Bertz CT molecular complexity index is 355. The van der Waals surface area contributed by atoms with Crippen LogP contribution in [0, 0.1) is 11.8 Å². The van der Waals surface area contributed by atoms with Crippen LogP contribution >= 0.6 is 11.3 Å². The van der Waals surface area contributed by atoms with Crippen LogP contribution < -0.4 is 10.6 Å². The molecule has 1 fully saturated rings. The fourth-order valence-electron chi connectivity index (χ4n) is 2.85. The summed E-state index contributed by atoms with van der Waals surface area (Å²) in [7, 11) is 0. The van der Waals surface area contributed by atoms with Crippen molar-refractivity contribution in [3.05, 3.63) is 21.9 Å². The Morgan fingerprint density at radius 2 is 2.26 bits per heavy atom. The van der Waals surface area contributed by atoms with Crippen LogP contribution in [0.3, 0.4) is 0 Å². The first-order valence-electron chi connectivity index (χ1n) is 7.78. The predicted octanol–water partition coefficient (Wildman–Crippen LogP) is 3.43. The highest BCUT2D eigenvalue weighted by atomic mass is 32.1. The lowest BCUT2D eigenvalue weighted by Gasteiger charge is -2.28. The molecule has 0 aliphatic carbocycles. The molecule has 0 radical (unpaired) electrons. The topological polar surface area (TPSA) is 24.1 Å². The molecule has 108 valence electrons. The van der Waals surface area contributed by atoms with Crippen molar-refractivity contribution in [3.8, 4) is 0 Å². The number of hydrogen-bond donors (Lipinski definition) is 2. The van der Waals surface area contributed by atoms with Gasteiger partial charge in [-0.1, -0.05) is 13.8 Å². The molecule has 1 aromatic rings. The minimum Gasteiger partial charge on any atom is -0.316 e. The third-order valence-corrected chi connectivity index (χ3v) is 5.51. The Kier molecular flexibility index (Phi) is 6.35. The van der Waals surface area contributed by atoms with Gasteiger partial charge >= 0.3 is 0 Å². The van der Waals surface area contributed by atoms with Crippen LogP contribution in [0.1, 0.15) is 42.9 Å². The SMILES string of the molecule is CCc1ccc(CNCCC(C)C2CCCNC2)s1. The summed E-state index contributed by atoms with van der Waals surface area (Å²) in [6, 6.07) is 4.53. The summed E-state index contributed by atoms with van der Waals surface area (Å²) < 4.78 is 0. The molecular weight excluding hydrogens is 252 g/mol. The molecule has 1 aliphatic heterocycles. The van der Waals surface area contributed by atoms with E-state index in [0.29, 0.717) is 0 Å². The standard InChI is InChI=1S/C16H28N2S/c1-3-15-6-7-16(19-15)12-18-10-8-13(2)14-5-4-9-17-11-14/h6-7,13-14,17-18H,3-5,8-12H2,1-2H3. The smallest absolute Gasteiger partial charge is 0.0299 e. The molecule has 1 saturated heterocycles. The van der Waals surface area contributed by atoms with Crippen LogP contribution in [0.25, 0.3) is 0 Å². The van der Waals surface area contributed by atoms with Crippen LogP contribution in [-0.4, -0.2) is 19.6 Å². The summed E-state index contributed by atoms with van der Waals surface area (Å²) in [5.41, 5.74) is 0. The van der Waals surface area contributed by atoms with Gasteiger partial charge in [-0.3, -0.25) is 0 Å². The molecule has 1 aliphatic rings. The first kappa shape index (κ1) is 15.0. The molecule has 2 N–H and O–H groups in total. The maximum atomic E-state index is 3.60. The molecule has 19 heavy (non-hydrogen) atoms. The number of thiophene rings is 1. The summed E-state index contributed by atoms with van der Waals surface area (Å²) in [5, 5.41) is 7.12. The quantitative estimate of drug-likeness (QED) is 0.748. The highest BCUT2D eigenvalue weighted by molar-refractivity contribution is 7.11. The van der Waals surface area contributed by atoms with Gasteiger partial charge in [0.1, 0.15) is 0 Å². The van der Waals surface area contributed by atoms with Gasteiger partial charge < -0.3 is 10.6 Å². The molecule has 2 nitrogen and oxygen atoms in total. The van der Waals surface area contributed by atoms with Gasteiger partial charge in [0, 0.05) is 16.3 Å². The zero-order valence-corrected chi connectivity index (χ0v) is 13.2. The van der Waals surface area contributed by atoms with Crippen LogP contribution in [0.5, 0.6) is 0 Å². The highest BCUT2D eigenvalue weighted by Crippen LogP contribution is 2.22. The minimum absolute atomic E-state index is 0.842. The molecule has 2 unspecified atom stereocenters. The number of hydrogen-bond acceptors (Lipinski definition) is 3. The van der Waals surface area contributed by atoms with Crippen molar-refractivity contribution in [1.29, 1.82) is 0 Å². The van der Waals surface area contributed by atoms with Gasteiger partial charge in [0.2, 0.25) is 0 Å². The number of rotatable bonds is 7. The van der Waals surface area contributed by atoms with Crippen LogP contribution in [0.4, 0.5) is 0 Å². The summed E-state index contributed by atoms with van der Waals surface area (Å²) in [6.07, 6.45) is 5.24. The average Bonchev–Trinajstić information content (AvgIpc) is 2.92. The molecule has 0 saturated carbocycles. The second-order valence-electron chi connectivity index (χ2n) is 5.77. The molecule has 0 bridgehead atoms. The minimum atomic E-state index is 0.842. The molecule has 2 heterocycles. The first-order chi connectivity index (χ1) is 9.29. The molecule has 3 heteroatoms. The fraction of sp³-hybridized carbons (Fsp3) is 0.750. The van der Waals surface area contributed by atoms with Crippen molar-refractivity contribution >= 4 is 11.3 Å². The van der Waals surface area contributed by atoms with Crippen LogP contribution in [-0.2, 0) is 13.0 Å². The van der Waals surface area contributed by atoms with Crippen molar-refractivity contribution < 1.29 is 0 Å². The van der Waals surface area contributed by atoms with Gasteiger partial charge in [0.05, 0.1) is 0 Å². The predicted molar refractivity (Wildman–Crippen MR) is 84.8 cm³/mol. The Morgan fingerprint density at radius 3 is 2.95 bits per heavy atom. The zero-order valence-electron chi connectivity index (χ0n) is 12.4. The zero-order chi connectivity index (χ0) is 13.5. The third kappa shape index (κ3) is 4.90. The van der Waals surface area contributed by atoms with Gasteiger partial charge in [-0.2, -0.15) is 0 Å². The van der Waals surface area contributed by atoms with Crippen LogP contribution in [0.2, 0.25) is 0 Å². The van der Waals surface area contributed by atoms with E-state index in [1.807, 2.05) is 11.3 Å². The van der Waals surface area contributed by atoms with Crippen molar-refractivity contribution in [2.45, 2.75) is 46.1 Å². The maximum Gasteiger partial charge on any atom is 0.0299 e. The molecule has 2 rings (SSSR count). The lowest BCUT2D eigenvalue weighted by Crippen LogP contribution is -2.34. The maximum absolute atomic E-state index is 3.60. The first-order valence-corrected chi connectivity index (χ1v) is 8.60. The van der Waals surface area contributed by atoms with Gasteiger partial charge in [0.25, 0.3) is 0 Å². The number of aryl methyl sites for hydroxylation is 1. The van der Waals surface area contributed by atoms with Crippen molar-refractivity contribution in [3.63, 3.8) is 0 Å². The van der Waals surface area contributed by atoms with E-state index in [9.17, 15) is 0 Å². The number of nitrogens with one attached hydrogen (secondary N) is 2. The van der Waals surface area contributed by atoms with E-state index in [0.717, 1.165) is 31.3 Å². The third-order valence-electron chi connectivity index (χ3n) is 4.28. The fourth-order valence-corrected chi connectivity index (χ4v) is 3.78. The number of piperidine rings is 1. The van der Waals surface area contributed by atoms with E-state index >= 15 is 0 Å². The van der Waals surface area contributed by atoms with E-state index in [4.69, 9.17) is 0 Å². The monoisotopic (exact) mass is 280 g/mol. The second-order valence-corrected chi connectivity index (χ2v) is 7.02. The van der Waals surface area contributed by atoms with E-state index < -0.39 is 0 Å². The van der Waals surface area contributed by atoms with Gasteiger partial charge in [-0.05, 0) is 69.3 Å². The lowest BCUT2D eigenvalue weighted by atomic mass is 9.85. The Labute approximate surface area is 122 Å². The van der Waals surface area contributed by atoms with E-state index in [1.54, 1.807) is 0 Å². The van der Waals surface area contributed by atoms with Gasteiger partial charge in [-0.25, -0.2) is 0 Å². The summed E-state index contributed by atoms with van der Waals surface area (Å²) in [5.74, 6) is 1.74. The summed E-state index contributed by atoms with van der Waals surface area (Å²) in [6.45, 7) is 9.28. The molecular formula is C16H28N2S. The molecule has 1 aromatic heterocycles. The average molecular weight is 280 g/mol. The Balaban J connectivity index is 1.60. The molecule has 2 atom stereocenters. The van der Waals surface area contributed by atoms with E-state index in [1.165, 1.54) is 42.1 Å². The van der Waals surface area contributed by atoms with E-state index in [2.05, 4.69) is 36.6 Å². The lowest BCUT2D eigenvalue weighted by molar-refractivity contribution is 0.266. The Hall–Kier alpha value is -0.380. The summed E-state index contributed by atoms with van der Waals surface area (Å²) in [4.78, 5) is 2.97. The highest BCUT2D eigenvalue weighted by Gasteiger charge is 2.19. The van der Waals surface area contributed by atoms with Crippen molar-refractivity contribution in [1.82, 2.24) is 10.6 Å². The second kappa shape index (κ2) is 8.03. The largest absolute Gasteiger partial charge is 0.316 e. The van der Waals surface area contributed by atoms with Crippen LogP contribution in [0.15, 0.2) is 12.1 Å². The van der Waals surface area contributed by atoms with Crippen molar-refractivity contribution in [2.24, 2.45) is 11.8 Å². The molecule has 0 amide bonds. The van der Waals surface area contributed by atoms with Crippen molar-refractivity contribution in [2.75, 3.05) is 19.6 Å². The van der Waals surface area contributed by atoms with E-state index in [-0.39, 0.29) is 0 Å². The van der Waals surface area contributed by atoms with Gasteiger partial charge in [0.15, 0.2) is 0 Å².